The number of halogens is 1. The lowest BCUT2D eigenvalue weighted by Gasteiger charge is -2.08. The minimum atomic E-state index is 0.443. The van der Waals surface area contributed by atoms with Crippen molar-refractivity contribution in [1.82, 2.24) is 9.97 Å². The van der Waals surface area contributed by atoms with Crippen LogP contribution in [0.15, 0.2) is 27.3 Å². The van der Waals surface area contributed by atoms with Gasteiger partial charge < -0.3 is 14.5 Å². The summed E-state index contributed by atoms with van der Waals surface area (Å²) in [5, 5.41) is 3.25. The number of nitrogens with zero attached hydrogens (tertiary/aromatic N) is 2. The van der Waals surface area contributed by atoms with Crippen LogP contribution in [0.4, 0.5) is 5.82 Å². The van der Waals surface area contributed by atoms with Gasteiger partial charge in [-0.25, -0.2) is 9.97 Å². The van der Waals surface area contributed by atoms with E-state index in [1.807, 2.05) is 18.2 Å². The molecule has 0 saturated carbocycles. The Morgan fingerprint density at radius 3 is 2.84 bits per heavy atom. The SMILES string of the molecule is CCCNc1cc(COC)nc(-c2ccc(Br)o2)n1. The van der Waals surface area contributed by atoms with Gasteiger partial charge in [0.05, 0.1) is 12.3 Å². The number of rotatable bonds is 6. The van der Waals surface area contributed by atoms with E-state index in [1.165, 1.54) is 0 Å². The van der Waals surface area contributed by atoms with E-state index in [0.717, 1.165) is 24.5 Å². The summed E-state index contributed by atoms with van der Waals surface area (Å²) in [5.41, 5.74) is 0.818. The Hall–Kier alpha value is -1.40. The Kier molecular flexibility index (Phi) is 4.93. The molecule has 0 aromatic carbocycles. The molecule has 102 valence electrons. The van der Waals surface area contributed by atoms with Crippen molar-refractivity contribution in [3.8, 4) is 11.6 Å². The van der Waals surface area contributed by atoms with E-state index in [1.54, 1.807) is 7.11 Å². The fraction of sp³-hybridized carbons (Fsp3) is 0.385. The normalized spacial score (nSPS) is 10.7. The average molecular weight is 326 g/mol. The summed E-state index contributed by atoms with van der Waals surface area (Å²) in [6, 6.07) is 5.54. The van der Waals surface area contributed by atoms with Crippen LogP contribution >= 0.6 is 15.9 Å². The van der Waals surface area contributed by atoms with Crippen molar-refractivity contribution >= 4 is 21.7 Å². The van der Waals surface area contributed by atoms with Gasteiger partial charge in [0.15, 0.2) is 16.3 Å². The molecule has 0 spiro atoms. The van der Waals surface area contributed by atoms with Gasteiger partial charge in [-0.15, -0.1) is 0 Å². The lowest BCUT2D eigenvalue weighted by atomic mass is 10.3. The van der Waals surface area contributed by atoms with Crippen molar-refractivity contribution in [2.75, 3.05) is 19.0 Å². The smallest absolute Gasteiger partial charge is 0.197 e. The van der Waals surface area contributed by atoms with Crippen molar-refractivity contribution in [2.24, 2.45) is 0 Å². The molecule has 19 heavy (non-hydrogen) atoms. The van der Waals surface area contributed by atoms with Crippen molar-refractivity contribution in [1.29, 1.82) is 0 Å². The lowest BCUT2D eigenvalue weighted by Crippen LogP contribution is -2.05. The third-order valence-electron chi connectivity index (χ3n) is 2.42. The second-order valence-corrected chi connectivity index (χ2v) is 4.81. The quantitative estimate of drug-likeness (QED) is 0.881. The highest BCUT2D eigenvalue weighted by atomic mass is 79.9. The molecule has 0 amide bonds. The van der Waals surface area contributed by atoms with Crippen LogP contribution in [-0.4, -0.2) is 23.6 Å². The highest BCUT2D eigenvalue weighted by molar-refractivity contribution is 9.10. The number of hydrogen-bond acceptors (Lipinski definition) is 5. The number of ether oxygens (including phenoxy) is 1. The summed E-state index contributed by atoms with van der Waals surface area (Å²) in [6.07, 6.45) is 1.03. The Balaban J connectivity index is 2.33. The van der Waals surface area contributed by atoms with Crippen LogP contribution < -0.4 is 5.32 Å². The molecule has 0 aliphatic carbocycles. The predicted molar refractivity (Wildman–Crippen MR) is 76.9 cm³/mol. The standard InChI is InChI=1S/C13H16BrN3O2/c1-3-6-15-12-7-9(8-18-2)16-13(17-12)10-4-5-11(14)19-10/h4-5,7H,3,6,8H2,1-2H3,(H,15,16,17). The topological polar surface area (TPSA) is 60.2 Å². The number of aromatic nitrogens is 2. The first-order valence-electron chi connectivity index (χ1n) is 6.09. The Morgan fingerprint density at radius 2 is 2.21 bits per heavy atom. The first kappa shape index (κ1) is 14.0. The average Bonchev–Trinajstić information content (AvgIpc) is 2.83. The molecule has 0 fully saturated rings. The van der Waals surface area contributed by atoms with Crippen molar-refractivity contribution in [2.45, 2.75) is 20.0 Å². The summed E-state index contributed by atoms with van der Waals surface area (Å²) in [6.45, 7) is 3.41. The van der Waals surface area contributed by atoms with Gasteiger partial charge in [-0.1, -0.05) is 6.92 Å². The van der Waals surface area contributed by atoms with Gasteiger partial charge in [0, 0.05) is 19.7 Å². The highest BCUT2D eigenvalue weighted by Gasteiger charge is 2.10. The van der Waals surface area contributed by atoms with Crippen LogP contribution in [0.1, 0.15) is 19.0 Å². The molecule has 0 aliphatic rings. The van der Waals surface area contributed by atoms with Crippen LogP contribution in [0, 0.1) is 0 Å². The van der Waals surface area contributed by atoms with Crippen LogP contribution in [-0.2, 0) is 11.3 Å². The molecule has 0 aliphatic heterocycles. The van der Waals surface area contributed by atoms with Crippen molar-refractivity contribution in [3.05, 3.63) is 28.6 Å². The van der Waals surface area contributed by atoms with Crippen LogP contribution in [0.2, 0.25) is 0 Å². The van der Waals surface area contributed by atoms with Gasteiger partial charge in [0.1, 0.15) is 5.82 Å². The first-order chi connectivity index (χ1) is 9.22. The molecule has 2 rings (SSSR count). The van der Waals surface area contributed by atoms with E-state index in [4.69, 9.17) is 9.15 Å². The van der Waals surface area contributed by atoms with Crippen LogP contribution in [0.25, 0.3) is 11.6 Å². The Bertz CT molecular complexity index is 542. The molecule has 2 aromatic heterocycles. The van der Waals surface area contributed by atoms with Crippen molar-refractivity contribution < 1.29 is 9.15 Å². The summed E-state index contributed by atoms with van der Waals surface area (Å²) in [4.78, 5) is 8.87. The van der Waals surface area contributed by atoms with E-state index in [-0.39, 0.29) is 0 Å². The first-order valence-corrected chi connectivity index (χ1v) is 6.88. The maximum Gasteiger partial charge on any atom is 0.197 e. The van der Waals surface area contributed by atoms with E-state index in [2.05, 4.69) is 38.1 Å². The van der Waals surface area contributed by atoms with E-state index in [9.17, 15) is 0 Å². The van der Waals surface area contributed by atoms with E-state index >= 15 is 0 Å². The van der Waals surface area contributed by atoms with Gasteiger partial charge in [-0.05, 0) is 34.5 Å². The third kappa shape index (κ3) is 3.78. The van der Waals surface area contributed by atoms with E-state index in [0.29, 0.717) is 22.9 Å². The summed E-state index contributed by atoms with van der Waals surface area (Å²) < 4.78 is 11.3. The molecule has 0 radical (unpaired) electrons. The molecule has 0 bridgehead atoms. The molecule has 2 aromatic rings. The van der Waals surface area contributed by atoms with Crippen LogP contribution in [0.5, 0.6) is 0 Å². The molecule has 1 N–H and O–H groups in total. The summed E-state index contributed by atoms with van der Waals surface area (Å²) in [7, 11) is 1.64. The second kappa shape index (κ2) is 6.68. The number of hydrogen-bond donors (Lipinski definition) is 1. The fourth-order valence-electron chi connectivity index (χ4n) is 1.61. The fourth-order valence-corrected chi connectivity index (χ4v) is 1.91. The lowest BCUT2D eigenvalue weighted by molar-refractivity contribution is 0.181. The number of anilines is 1. The predicted octanol–water partition coefficient (Wildman–Crippen LogP) is 3.47. The molecule has 0 unspecified atom stereocenters. The van der Waals surface area contributed by atoms with Gasteiger partial charge >= 0.3 is 0 Å². The summed E-state index contributed by atoms with van der Waals surface area (Å²) >= 11 is 3.28. The molecular formula is C13H16BrN3O2. The third-order valence-corrected chi connectivity index (χ3v) is 2.85. The monoisotopic (exact) mass is 325 g/mol. The van der Waals surface area contributed by atoms with Gasteiger partial charge in [-0.2, -0.15) is 0 Å². The molecule has 0 atom stereocenters. The minimum Gasteiger partial charge on any atom is -0.446 e. The summed E-state index contributed by atoms with van der Waals surface area (Å²) in [5.74, 6) is 1.97. The molecule has 6 heteroatoms. The maximum absolute atomic E-state index is 5.49. The molecule has 2 heterocycles. The number of furan rings is 1. The number of nitrogens with one attached hydrogen (secondary N) is 1. The largest absolute Gasteiger partial charge is 0.446 e. The zero-order valence-electron chi connectivity index (χ0n) is 10.9. The van der Waals surface area contributed by atoms with Crippen LogP contribution in [0.3, 0.4) is 0 Å². The minimum absolute atomic E-state index is 0.443. The molecule has 5 nitrogen and oxygen atoms in total. The Labute approximate surface area is 120 Å². The molecular weight excluding hydrogens is 310 g/mol. The van der Waals surface area contributed by atoms with Gasteiger partial charge in [0.25, 0.3) is 0 Å². The maximum atomic E-state index is 5.49. The molecule has 0 saturated heterocycles. The number of methoxy groups -OCH3 is 1. The Morgan fingerprint density at radius 1 is 1.37 bits per heavy atom. The van der Waals surface area contributed by atoms with Gasteiger partial charge in [0.2, 0.25) is 0 Å². The highest BCUT2D eigenvalue weighted by Crippen LogP contribution is 2.23. The van der Waals surface area contributed by atoms with Crippen molar-refractivity contribution in [3.63, 3.8) is 0 Å². The van der Waals surface area contributed by atoms with Gasteiger partial charge in [-0.3, -0.25) is 0 Å². The second-order valence-electron chi connectivity index (χ2n) is 4.03. The zero-order valence-corrected chi connectivity index (χ0v) is 12.5. The van der Waals surface area contributed by atoms with E-state index < -0.39 is 0 Å². The zero-order chi connectivity index (χ0) is 13.7.